The lowest BCUT2D eigenvalue weighted by atomic mass is 9.95. The van der Waals surface area contributed by atoms with Crippen LogP contribution in [0, 0.1) is 5.92 Å². The first-order valence-electron chi connectivity index (χ1n) is 7.36. The number of ether oxygens (including phenoxy) is 1. The summed E-state index contributed by atoms with van der Waals surface area (Å²) in [6.45, 7) is 4.29. The maximum atomic E-state index is 12.7. The monoisotopic (exact) mass is 299 g/mol. The van der Waals surface area contributed by atoms with Crippen molar-refractivity contribution in [1.82, 2.24) is 10.2 Å². The number of amides is 3. The van der Waals surface area contributed by atoms with Gasteiger partial charge in [-0.15, -0.1) is 0 Å². The number of likely N-dealkylation sites (tertiary alicyclic amines) is 1. The van der Waals surface area contributed by atoms with Crippen LogP contribution in [0.4, 0.5) is 4.79 Å². The molecule has 0 saturated carbocycles. The second-order valence-electron chi connectivity index (χ2n) is 5.44. The van der Waals surface area contributed by atoms with E-state index in [0.29, 0.717) is 19.4 Å². The van der Waals surface area contributed by atoms with Gasteiger partial charge in [0.2, 0.25) is 5.91 Å². The molecule has 0 bridgehead atoms. The molecule has 0 spiro atoms. The van der Waals surface area contributed by atoms with Gasteiger partial charge in [-0.05, 0) is 25.2 Å². The van der Waals surface area contributed by atoms with Crippen molar-refractivity contribution >= 4 is 17.9 Å². The lowest BCUT2D eigenvalue weighted by molar-refractivity contribution is -0.155. The molecule has 7 nitrogen and oxygen atoms in total. The third kappa shape index (κ3) is 4.34. The summed E-state index contributed by atoms with van der Waals surface area (Å²) < 4.78 is 4.77. The van der Waals surface area contributed by atoms with E-state index in [0.717, 1.165) is 12.8 Å². The summed E-state index contributed by atoms with van der Waals surface area (Å²) in [5, 5.41) is 2.50. The van der Waals surface area contributed by atoms with Crippen LogP contribution in [0.25, 0.3) is 0 Å². The van der Waals surface area contributed by atoms with Gasteiger partial charge in [-0.25, -0.2) is 9.59 Å². The van der Waals surface area contributed by atoms with E-state index in [9.17, 15) is 14.4 Å². The Labute approximate surface area is 125 Å². The Balaban J connectivity index is 2.93. The largest absolute Gasteiger partial charge is 0.467 e. The number of primary amides is 1. The number of esters is 1. The maximum absolute atomic E-state index is 12.7. The average Bonchev–Trinajstić information content (AvgIpc) is 2.50. The van der Waals surface area contributed by atoms with Crippen LogP contribution in [0.5, 0.6) is 0 Å². The number of carbonyl (C=O) groups is 3. The summed E-state index contributed by atoms with van der Waals surface area (Å²) in [5.41, 5.74) is 5.16. The van der Waals surface area contributed by atoms with Gasteiger partial charge in [0.15, 0.2) is 0 Å². The van der Waals surface area contributed by atoms with Crippen molar-refractivity contribution in [2.45, 2.75) is 51.6 Å². The van der Waals surface area contributed by atoms with Crippen molar-refractivity contribution in [3.8, 4) is 0 Å². The van der Waals surface area contributed by atoms with Crippen LogP contribution in [0.1, 0.15) is 39.5 Å². The van der Waals surface area contributed by atoms with E-state index in [2.05, 4.69) is 5.32 Å². The number of nitrogens with zero attached hydrogens (tertiary/aromatic N) is 1. The molecular weight excluding hydrogens is 274 g/mol. The van der Waals surface area contributed by atoms with Gasteiger partial charge >= 0.3 is 12.0 Å². The normalized spacial score (nSPS) is 21.3. The third-order valence-electron chi connectivity index (χ3n) is 4.04. The molecule has 1 aliphatic heterocycles. The predicted molar refractivity (Wildman–Crippen MR) is 77.3 cm³/mol. The lowest BCUT2D eigenvalue weighted by Crippen LogP contribution is -2.58. The van der Waals surface area contributed by atoms with Gasteiger partial charge in [-0.3, -0.25) is 4.79 Å². The van der Waals surface area contributed by atoms with Crippen molar-refractivity contribution in [3.63, 3.8) is 0 Å². The number of nitrogens with two attached hydrogens (primary N) is 1. The first kappa shape index (κ1) is 17.3. The lowest BCUT2D eigenvalue weighted by Gasteiger charge is -2.37. The Morgan fingerprint density at radius 2 is 2.05 bits per heavy atom. The SMILES string of the molecule is CC[C@@H](C)[C@H](NC(N)=O)C(=O)N1CCCC[C@@H]1C(=O)OC. The highest BCUT2D eigenvalue weighted by Crippen LogP contribution is 2.21. The van der Waals surface area contributed by atoms with Crippen molar-refractivity contribution < 1.29 is 19.1 Å². The van der Waals surface area contributed by atoms with E-state index in [1.807, 2.05) is 13.8 Å². The van der Waals surface area contributed by atoms with Crippen LogP contribution in [0.15, 0.2) is 0 Å². The first-order chi connectivity index (χ1) is 9.92. The Hall–Kier alpha value is -1.79. The molecule has 0 aromatic rings. The van der Waals surface area contributed by atoms with E-state index in [4.69, 9.17) is 10.5 Å². The average molecular weight is 299 g/mol. The molecule has 120 valence electrons. The van der Waals surface area contributed by atoms with Gasteiger partial charge in [0.05, 0.1) is 7.11 Å². The topological polar surface area (TPSA) is 102 Å². The minimum Gasteiger partial charge on any atom is -0.467 e. The summed E-state index contributed by atoms with van der Waals surface area (Å²) in [5.74, 6) is -0.742. The molecule has 0 aromatic heterocycles. The number of hydrogen-bond acceptors (Lipinski definition) is 4. The summed E-state index contributed by atoms with van der Waals surface area (Å²) in [4.78, 5) is 37.2. The first-order valence-corrected chi connectivity index (χ1v) is 7.36. The molecular formula is C14H25N3O4. The number of urea groups is 1. The second-order valence-corrected chi connectivity index (χ2v) is 5.44. The number of carbonyl (C=O) groups excluding carboxylic acids is 3. The molecule has 1 rings (SSSR count). The van der Waals surface area contributed by atoms with Crippen LogP contribution in [-0.2, 0) is 14.3 Å². The molecule has 0 radical (unpaired) electrons. The van der Waals surface area contributed by atoms with E-state index in [1.165, 1.54) is 12.0 Å². The number of rotatable bonds is 5. The minimum absolute atomic E-state index is 0.0646. The molecule has 21 heavy (non-hydrogen) atoms. The third-order valence-corrected chi connectivity index (χ3v) is 4.04. The Bertz CT molecular complexity index is 400. The Kier molecular flexibility index (Phi) is 6.45. The highest BCUT2D eigenvalue weighted by atomic mass is 16.5. The van der Waals surface area contributed by atoms with Crippen LogP contribution in [-0.4, -0.2) is 48.5 Å². The molecule has 3 N–H and O–H groups in total. The van der Waals surface area contributed by atoms with Gasteiger partial charge in [0.1, 0.15) is 12.1 Å². The standard InChI is InChI=1S/C14H25N3O4/c1-4-9(2)11(16-14(15)20)12(18)17-8-6-5-7-10(17)13(19)21-3/h9-11H,4-8H2,1-3H3,(H3,15,16,20)/t9-,10-,11+/m1/s1. The van der Waals surface area contributed by atoms with Crippen LogP contribution in [0.3, 0.4) is 0 Å². The zero-order valence-electron chi connectivity index (χ0n) is 12.9. The molecule has 1 heterocycles. The van der Waals surface area contributed by atoms with Gasteiger partial charge in [0.25, 0.3) is 0 Å². The van der Waals surface area contributed by atoms with Gasteiger partial charge in [-0.2, -0.15) is 0 Å². The summed E-state index contributed by atoms with van der Waals surface area (Å²) in [6, 6.07) is -2.02. The molecule has 1 fully saturated rings. The van der Waals surface area contributed by atoms with E-state index in [1.54, 1.807) is 0 Å². The van der Waals surface area contributed by atoms with Crippen molar-refractivity contribution in [2.24, 2.45) is 11.7 Å². The number of methoxy groups -OCH3 is 1. The fourth-order valence-electron chi connectivity index (χ4n) is 2.59. The Morgan fingerprint density at radius 3 is 2.57 bits per heavy atom. The minimum atomic E-state index is -0.736. The van der Waals surface area contributed by atoms with Crippen molar-refractivity contribution in [3.05, 3.63) is 0 Å². The summed E-state index contributed by atoms with van der Waals surface area (Å²) in [6.07, 6.45) is 3.01. The molecule has 0 aliphatic carbocycles. The van der Waals surface area contributed by atoms with Gasteiger partial charge in [0, 0.05) is 6.54 Å². The number of piperidine rings is 1. The van der Waals surface area contributed by atoms with Crippen LogP contribution >= 0.6 is 0 Å². The quantitative estimate of drug-likeness (QED) is 0.727. The van der Waals surface area contributed by atoms with E-state index < -0.39 is 24.1 Å². The van der Waals surface area contributed by atoms with Crippen LogP contribution < -0.4 is 11.1 Å². The van der Waals surface area contributed by atoms with E-state index in [-0.39, 0.29) is 11.8 Å². The number of hydrogen-bond donors (Lipinski definition) is 2. The van der Waals surface area contributed by atoms with Crippen LogP contribution in [0.2, 0.25) is 0 Å². The predicted octanol–water partition coefficient (Wildman–Crippen LogP) is 0.624. The van der Waals surface area contributed by atoms with E-state index >= 15 is 0 Å². The highest BCUT2D eigenvalue weighted by molar-refractivity contribution is 5.90. The maximum Gasteiger partial charge on any atom is 0.328 e. The molecule has 0 unspecified atom stereocenters. The fourth-order valence-corrected chi connectivity index (χ4v) is 2.59. The highest BCUT2D eigenvalue weighted by Gasteiger charge is 2.37. The molecule has 7 heteroatoms. The molecule has 0 aromatic carbocycles. The molecule has 1 aliphatic rings. The van der Waals surface area contributed by atoms with Gasteiger partial charge < -0.3 is 20.7 Å². The fraction of sp³-hybridized carbons (Fsp3) is 0.786. The second kappa shape index (κ2) is 7.85. The summed E-state index contributed by atoms with van der Waals surface area (Å²) >= 11 is 0. The zero-order chi connectivity index (χ0) is 16.0. The molecule has 1 saturated heterocycles. The smallest absolute Gasteiger partial charge is 0.328 e. The van der Waals surface area contributed by atoms with Crippen molar-refractivity contribution in [2.75, 3.05) is 13.7 Å². The molecule has 3 amide bonds. The molecule has 3 atom stereocenters. The zero-order valence-corrected chi connectivity index (χ0v) is 12.9. The summed E-state index contributed by atoms with van der Waals surface area (Å²) in [7, 11) is 1.31. The number of nitrogens with one attached hydrogen (secondary N) is 1. The Morgan fingerprint density at radius 1 is 1.38 bits per heavy atom. The van der Waals surface area contributed by atoms with Gasteiger partial charge in [-0.1, -0.05) is 20.3 Å². The van der Waals surface area contributed by atoms with Crippen molar-refractivity contribution in [1.29, 1.82) is 0 Å².